The van der Waals surface area contributed by atoms with E-state index >= 15 is 0 Å². The van der Waals surface area contributed by atoms with Gasteiger partial charge < -0.3 is 20.9 Å². The predicted octanol–water partition coefficient (Wildman–Crippen LogP) is 1.79. The van der Waals surface area contributed by atoms with Crippen molar-refractivity contribution in [3.05, 3.63) is 34.6 Å². The van der Waals surface area contributed by atoms with Gasteiger partial charge in [0.15, 0.2) is 0 Å². The normalized spacial score (nSPS) is 23.2. The summed E-state index contributed by atoms with van der Waals surface area (Å²) in [6, 6.07) is 3.00. The lowest BCUT2D eigenvalue weighted by atomic mass is 9.72. The van der Waals surface area contributed by atoms with Crippen molar-refractivity contribution < 1.29 is 24.3 Å². The van der Waals surface area contributed by atoms with E-state index in [-0.39, 0.29) is 12.2 Å². The van der Waals surface area contributed by atoms with E-state index in [0.717, 1.165) is 0 Å². The third-order valence-electron chi connectivity index (χ3n) is 5.19. The zero-order chi connectivity index (χ0) is 18.3. The first-order valence-electron chi connectivity index (χ1n) is 8.19. The quantitative estimate of drug-likeness (QED) is 0.593. The van der Waals surface area contributed by atoms with Crippen molar-refractivity contribution >= 4 is 13.1 Å². The van der Waals surface area contributed by atoms with Crippen LogP contribution in [-0.4, -0.2) is 28.2 Å². The van der Waals surface area contributed by atoms with Gasteiger partial charge in [0.2, 0.25) is 0 Å². The van der Waals surface area contributed by atoms with Crippen LogP contribution in [0.2, 0.25) is 6.32 Å². The number of hydrogen-bond acceptors (Lipinski definition) is 4. The van der Waals surface area contributed by atoms with E-state index in [2.05, 4.69) is 0 Å². The molecular formula is C17H25BFNO4. The number of carbonyl (C=O) groups is 1. The summed E-state index contributed by atoms with van der Waals surface area (Å²) in [5, 5.41) is 27.8. The second-order valence-corrected chi connectivity index (χ2v) is 7.53. The molecule has 0 radical (unpaired) electrons. The van der Waals surface area contributed by atoms with Gasteiger partial charge in [0.05, 0.1) is 5.41 Å². The largest absolute Gasteiger partial charge is 0.481 e. The Hall–Kier alpha value is -1.44. The van der Waals surface area contributed by atoms with Crippen LogP contribution in [0, 0.1) is 11.7 Å². The van der Waals surface area contributed by atoms with Crippen LogP contribution >= 0.6 is 0 Å². The van der Waals surface area contributed by atoms with Crippen LogP contribution in [0.4, 0.5) is 4.39 Å². The van der Waals surface area contributed by atoms with Crippen LogP contribution in [0.5, 0.6) is 0 Å². The zero-order valence-electron chi connectivity index (χ0n) is 14.3. The van der Waals surface area contributed by atoms with Gasteiger partial charge in [-0.3, -0.25) is 4.79 Å². The van der Waals surface area contributed by atoms with E-state index in [4.69, 9.17) is 15.8 Å². The smallest absolute Gasteiger partial charge is 0.451 e. The SMILES string of the molecule is CC(C)(N)c1cc2c(cc1F)C[C@H](CCCB(O)O)[C@]2(C)C(=O)O. The summed E-state index contributed by atoms with van der Waals surface area (Å²) in [5.41, 5.74) is 5.59. The van der Waals surface area contributed by atoms with Crippen molar-refractivity contribution in [2.75, 3.05) is 0 Å². The van der Waals surface area contributed by atoms with E-state index < -0.39 is 29.9 Å². The first-order chi connectivity index (χ1) is 11.0. The minimum Gasteiger partial charge on any atom is -0.481 e. The third-order valence-corrected chi connectivity index (χ3v) is 5.19. The average Bonchev–Trinajstić information content (AvgIpc) is 2.70. The van der Waals surface area contributed by atoms with E-state index in [0.29, 0.717) is 36.0 Å². The number of benzene rings is 1. The van der Waals surface area contributed by atoms with E-state index in [1.807, 2.05) is 0 Å². The molecule has 2 atom stereocenters. The lowest BCUT2D eigenvalue weighted by Gasteiger charge is -2.29. The molecule has 0 aliphatic heterocycles. The van der Waals surface area contributed by atoms with Gasteiger partial charge in [-0.05, 0) is 69.1 Å². The molecule has 0 bridgehead atoms. The van der Waals surface area contributed by atoms with Gasteiger partial charge in [-0.1, -0.05) is 6.42 Å². The zero-order valence-corrected chi connectivity index (χ0v) is 14.3. The molecule has 0 spiro atoms. The highest BCUT2D eigenvalue weighted by atomic mass is 19.1. The van der Waals surface area contributed by atoms with Crippen molar-refractivity contribution in [3.63, 3.8) is 0 Å². The van der Waals surface area contributed by atoms with E-state index in [9.17, 15) is 14.3 Å². The van der Waals surface area contributed by atoms with Crippen LogP contribution in [0.25, 0.3) is 0 Å². The van der Waals surface area contributed by atoms with Crippen LogP contribution in [-0.2, 0) is 22.2 Å². The summed E-state index contributed by atoms with van der Waals surface area (Å²) >= 11 is 0. The topological polar surface area (TPSA) is 104 Å². The summed E-state index contributed by atoms with van der Waals surface area (Å²) in [5.74, 6) is -1.59. The molecule has 7 heteroatoms. The maximum atomic E-state index is 14.4. The van der Waals surface area contributed by atoms with Crippen LogP contribution in [0.1, 0.15) is 50.3 Å². The number of carboxylic acid groups (broad SMARTS) is 1. The Bertz CT molecular complexity index is 644. The van der Waals surface area contributed by atoms with Crippen molar-refractivity contribution in [1.29, 1.82) is 0 Å². The number of nitrogens with two attached hydrogens (primary N) is 1. The van der Waals surface area contributed by atoms with Crippen molar-refractivity contribution in [2.45, 2.75) is 57.3 Å². The average molecular weight is 337 g/mol. The van der Waals surface area contributed by atoms with Gasteiger partial charge in [0.1, 0.15) is 5.82 Å². The molecule has 5 nitrogen and oxygen atoms in total. The van der Waals surface area contributed by atoms with E-state index in [1.54, 1.807) is 26.8 Å². The Labute approximate surface area is 141 Å². The number of carboxylic acids is 1. The molecule has 5 N–H and O–H groups in total. The van der Waals surface area contributed by atoms with Crippen LogP contribution in [0.15, 0.2) is 12.1 Å². The van der Waals surface area contributed by atoms with Gasteiger partial charge in [-0.15, -0.1) is 0 Å². The molecule has 0 unspecified atom stereocenters. The maximum Gasteiger partial charge on any atom is 0.451 e. The van der Waals surface area contributed by atoms with Gasteiger partial charge in [-0.25, -0.2) is 4.39 Å². The Morgan fingerprint density at radius 2 is 2.08 bits per heavy atom. The third kappa shape index (κ3) is 3.34. The molecule has 0 heterocycles. The summed E-state index contributed by atoms with van der Waals surface area (Å²) in [6.07, 6.45) is 1.68. The van der Waals surface area contributed by atoms with Crippen LogP contribution < -0.4 is 5.73 Å². The molecule has 0 amide bonds. The van der Waals surface area contributed by atoms with Gasteiger partial charge in [-0.2, -0.15) is 0 Å². The molecule has 0 saturated carbocycles. The van der Waals surface area contributed by atoms with Crippen LogP contribution in [0.3, 0.4) is 0 Å². The van der Waals surface area contributed by atoms with Gasteiger partial charge in [0.25, 0.3) is 0 Å². The number of halogens is 1. The number of hydrogen-bond donors (Lipinski definition) is 4. The first kappa shape index (κ1) is 18.9. The fourth-order valence-corrected chi connectivity index (χ4v) is 3.68. The molecule has 1 aromatic carbocycles. The maximum absolute atomic E-state index is 14.4. The van der Waals surface area contributed by atoms with Gasteiger partial charge >= 0.3 is 13.1 Å². The minimum absolute atomic E-state index is 0.192. The second-order valence-electron chi connectivity index (χ2n) is 7.53. The summed E-state index contributed by atoms with van der Waals surface area (Å²) < 4.78 is 14.4. The lowest BCUT2D eigenvalue weighted by Crippen LogP contribution is -2.38. The van der Waals surface area contributed by atoms with Crippen molar-refractivity contribution in [1.82, 2.24) is 0 Å². The van der Waals surface area contributed by atoms with Crippen molar-refractivity contribution in [3.8, 4) is 0 Å². The number of aliphatic carboxylic acids is 1. The number of rotatable bonds is 6. The Morgan fingerprint density at radius 3 is 2.58 bits per heavy atom. The molecule has 24 heavy (non-hydrogen) atoms. The molecule has 0 saturated heterocycles. The lowest BCUT2D eigenvalue weighted by molar-refractivity contribution is -0.145. The first-order valence-corrected chi connectivity index (χ1v) is 8.19. The van der Waals surface area contributed by atoms with E-state index in [1.165, 1.54) is 6.07 Å². The molecule has 2 rings (SSSR count). The molecule has 132 valence electrons. The summed E-state index contributed by atoms with van der Waals surface area (Å²) in [6.45, 7) is 5.03. The molecule has 0 fully saturated rings. The Kier molecular flexibility index (Phi) is 5.09. The molecule has 0 aromatic heterocycles. The number of fused-ring (bicyclic) bond motifs is 1. The summed E-state index contributed by atoms with van der Waals surface area (Å²) in [7, 11) is -1.40. The minimum atomic E-state index is -1.40. The molecule has 1 aliphatic carbocycles. The predicted molar refractivity (Wildman–Crippen MR) is 90.0 cm³/mol. The Morgan fingerprint density at radius 1 is 1.46 bits per heavy atom. The fraction of sp³-hybridized carbons (Fsp3) is 0.588. The second kappa shape index (κ2) is 6.46. The fourth-order valence-electron chi connectivity index (χ4n) is 3.68. The summed E-state index contributed by atoms with van der Waals surface area (Å²) in [4.78, 5) is 12.0. The molecule has 1 aromatic rings. The highest BCUT2D eigenvalue weighted by Gasteiger charge is 2.49. The van der Waals surface area contributed by atoms with Crippen molar-refractivity contribution in [2.24, 2.45) is 11.7 Å². The Balaban J connectivity index is 2.42. The molecule has 1 aliphatic rings. The highest BCUT2D eigenvalue weighted by molar-refractivity contribution is 6.40. The monoisotopic (exact) mass is 337 g/mol. The molecular weight excluding hydrogens is 312 g/mol. The highest BCUT2D eigenvalue weighted by Crippen LogP contribution is 2.47. The van der Waals surface area contributed by atoms with Gasteiger partial charge in [0, 0.05) is 11.1 Å². The standard InChI is InChI=1S/C17H25BFNO4/c1-16(2,20)13-9-12-10(8-14(13)19)7-11(5-4-6-18(23)24)17(12,3)15(21)22/h8-9,11,23-24H,4-7,20H2,1-3H3,(H,21,22)/t11-,17-/m0/s1.